The average Bonchev–Trinajstić information content (AvgIpc) is 2.88. The number of alkyl halides is 2. The first-order valence-electron chi connectivity index (χ1n) is 7.47. The lowest BCUT2D eigenvalue weighted by atomic mass is 9.90. The van der Waals surface area contributed by atoms with Gasteiger partial charge in [-0.05, 0) is 43.2 Å². The van der Waals surface area contributed by atoms with Crippen LogP contribution in [0.3, 0.4) is 0 Å². The highest BCUT2D eigenvalue weighted by atomic mass is 35.5. The molecule has 3 nitrogen and oxygen atoms in total. The molecule has 2 aliphatic carbocycles. The van der Waals surface area contributed by atoms with Crippen molar-refractivity contribution < 1.29 is 4.42 Å². The monoisotopic (exact) mass is 374 g/mol. The molecule has 2 atom stereocenters. The van der Waals surface area contributed by atoms with Crippen molar-refractivity contribution in [2.45, 2.75) is 42.2 Å². The number of halogens is 2. The van der Waals surface area contributed by atoms with Gasteiger partial charge in [0.25, 0.3) is 11.1 Å². The van der Waals surface area contributed by atoms with Crippen molar-refractivity contribution in [3.05, 3.63) is 16.5 Å². The quantitative estimate of drug-likeness (QED) is 0.543. The summed E-state index contributed by atoms with van der Waals surface area (Å²) in [7, 11) is 0. The fourth-order valence-corrected chi connectivity index (χ4v) is 5.62. The molecule has 0 aromatic carbocycles. The first-order valence-corrected chi connectivity index (χ1v) is 10.0. The highest BCUT2D eigenvalue weighted by molar-refractivity contribution is 7.99. The predicted octanol–water partition coefficient (Wildman–Crippen LogP) is 5.21. The summed E-state index contributed by atoms with van der Waals surface area (Å²) in [6.07, 6.45) is 4.46. The van der Waals surface area contributed by atoms with Gasteiger partial charge in [0.2, 0.25) is 0 Å². The van der Waals surface area contributed by atoms with Gasteiger partial charge in [0.05, 0.1) is 4.88 Å². The number of rotatable bonds is 4. The summed E-state index contributed by atoms with van der Waals surface area (Å²) in [5.41, 5.74) is 1.46. The molecule has 4 rings (SSSR count). The van der Waals surface area contributed by atoms with E-state index in [-0.39, 0.29) is 0 Å². The number of nitrogens with zero attached hydrogens (tertiary/aromatic N) is 2. The van der Waals surface area contributed by atoms with Crippen molar-refractivity contribution in [2.75, 3.05) is 5.75 Å². The molecule has 2 aliphatic rings. The number of aryl methyl sites for hydroxylation is 1. The van der Waals surface area contributed by atoms with Crippen molar-refractivity contribution in [2.24, 2.45) is 11.8 Å². The minimum absolute atomic E-state index is 0.326. The summed E-state index contributed by atoms with van der Waals surface area (Å²) >= 11 is 15.4. The molecule has 22 heavy (non-hydrogen) atoms. The maximum absolute atomic E-state index is 6.03. The van der Waals surface area contributed by atoms with Crippen molar-refractivity contribution >= 4 is 46.3 Å². The molecule has 2 aromatic rings. The zero-order valence-corrected chi connectivity index (χ0v) is 15.3. The van der Waals surface area contributed by atoms with Gasteiger partial charge in [0.15, 0.2) is 0 Å². The van der Waals surface area contributed by atoms with Crippen molar-refractivity contribution in [3.8, 4) is 10.8 Å². The Hall–Kier alpha value is -0.230. The van der Waals surface area contributed by atoms with Gasteiger partial charge in [-0.2, -0.15) is 0 Å². The summed E-state index contributed by atoms with van der Waals surface area (Å²) in [5, 5.41) is 8.92. The first-order chi connectivity index (χ1) is 10.5. The van der Waals surface area contributed by atoms with Crippen molar-refractivity contribution in [1.29, 1.82) is 0 Å². The van der Waals surface area contributed by atoms with E-state index in [4.69, 9.17) is 27.6 Å². The van der Waals surface area contributed by atoms with E-state index >= 15 is 0 Å². The highest BCUT2D eigenvalue weighted by Crippen LogP contribution is 2.54. The second-order valence-corrected chi connectivity index (χ2v) is 9.90. The van der Waals surface area contributed by atoms with E-state index in [9.17, 15) is 0 Å². The Morgan fingerprint density at radius 1 is 1.45 bits per heavy atom. The summed E-state index contributed by atoms with van der Waals surface area (Å²) < 4.78 is 5.24. The molecule has 118 valence electrons. The molecule has 1 saturated carbocycles. The van der Waals surface area contributed by atoms with Crippen LogP contribution in [-0.2, 0) is 12.8 Å². The summed E-state index contributed by atoms with van der Waals surface area (Å²) in [6.45, 7) is 2.31. The van der Waals surface area contributed by atoms with E-state index in [2.05, 4.69) is 23.2 Å². The standard InChI is InChI=1S/C15H16Cl2N2OS2/c1-8-2-3-11-9(4-8)5-12(22-11)13-18-19-14(20-13)21-7-10-6-15(10,16)17/h5,8,10H,2-4,6-7H2,1H3/t8-,10+/m1/s1. The van der Waals surface area contributed by atoms with E-state index in [1.54, 1.807) is 11.3 Å². The van der Waals surface area contributed by atoms with Crippen LogP contribution in [0.2, 0.25) is 0 Å². The van der Waals surface area contributed by atoms with E-state index in [1.807, 2.05) is 0 Å². The summed E-state index contributed by atoms with van der Waals surface area (Å²) in [5.74, 6) is 2.56. The van der Waals surface area contributed by atoms with Crippen molar-refractivity contribution in [1.82, 2.24) is 10.2 Å². The van der Waals surface area contributed by atoms with Crippen LogP contribution in [0.25, 0.3) is 10.8 Å². The van der Waals surface area contributed by atoms with Crippen LogP contribution < -0.4 is 0 Å². The molecule has 2 heterocycles. The molecule has 0 aliphatic heterocycles. The highest BCUT2D eigenvalue weighted by Gasteiger charge is 2.51. The van der Waals surface area contributed by atoms with Crippen LogP contribution in [-0.4, -0.2) is 20.3 Å². The Balaban J connectivity index is 1.45. The van der Waals surface area contributed by atoms with Crippen LogP contribution in [0.4, 0.5) is 0 Å². The van der Waals surface area contributed by atoms with E-state index < -0.39 is 4.33 Å². The fourth-order valence-electron chi connectivity index (χ4n) is 2.80. The van der Waals surface area contributed by atoms with Gasteiger partial charge in [-0.3, -0.25) is 0 Å². The normalized spacial score (nSPS) is 26.0. The molecule has 0 unspecified atom stereocenters. The Bertz CT molecular complexity index is 698. The van der Waals surface area contributed by atoms with Gasteiger partial charge in [0, 0.05) is 16.5 Å². The fraction of sp³-hybridized carbons (Fsp3) is 0.600. The van der Waals surface area contributed by atoms with Crippen molar-refractivity contribution in [3.63, 3.8) is 0 Å². The van der Waals surface area contributed by atoms with Gasteiger partial charge >= 0.3 is 0 Å². The molecule has 1 fully saturated rings. The smallest absolute Gasteiger partial charge is 0.276 e. The van der Waals surface area contributed by atoms with Gasteiger partial charge in [0.1, 0.15) is 4.33 Å². The lowest BCUT2D eigenvalue weighted by Crippen LogP contribution is -2.07. The zero-order valence-electron chi connectivity index (χ0n) is 12.1. The second-order valence-electron chi connectivity index (χ2n) is 6.25. The molecular weight excluding hydrogens is 359 g/mol. The topological polar surface area (TPSA) is 38.9 Å². The van der Waals surface area contributed by atoms with Gasteiger partial charge < -0.3 is 4.42 Å². The van der Waals surface area contributed by atoms with E-state index in [0.717, 1.165) is 29.4 Å². The van der Waals surface area contributed by atoms with Crippen LogP contribution in [0.1, 0.15) is 30.2 Å². The molecule has 0 N–H and O–H groups in total. The molecule has 0 bridgehead atoms. The molecule has 0 saturated heterocycles. The Morgan fingerprint density at radius 3 is 3.05 bits per heavy atom. The first kappa shape index (κ1) is 15.3. The number of thiophene rings is 1. The third-order valence-electron chi connectivity index (χ3n) is 4.31. The number of hydrogen-bond donors (Lipinski definition) is 0. The van der Waals surface area contributed by atoms with Crippen LogP contribution in [0.15, 0.2) is 15.7 Å². The van der Waals surface area contributed by atoms with E-state index in [1.165, 1.54) is 35.0 Å². The third kappa shape index (κ3) is 3.05. The predicted molar refractivity (Wildman–Crippen MR) is 92.1 cm³/mol. The Labute approximate surface area is 147 Å². The zero-order chi connectivity index (χ0) is 15.3. The summed E-state index contributed by atoms with van der Waals surface area (Å²) in [4.78, 5) is 2.57. The third-order valence-corrected chi connectivity index (χ3v) is 7.44. The minimum atomic E-state index is -0.542. The van der Waals surface area contributed by atoms with Gasteiger partial charge in [-0.25, -0.2) is 0 Å². The number of thioether (sulfide) groups is 1. The van der Waals surface area contributed by atoms with Gasteiger partial charge in [-0.1, -0.05) is 18.7 Å². The largest absolute Gasteiger partial charge is 0.410 e. The molecule has 2 aromatic heterocycles. The van der Waals surface area contributed by atoms with E-state index in [0.29, 0.717) is 17.0 Å². The maximum Gasteiger partial charge on any atom is 0.276 e. The lowest BCUT2D eigenvalue weighted by molar-refractivity contribution is 0.466. The molecule has 0 radical (unpaired) electrons. The number of aromatic nitrogens is 2. The van der Waals surface area contributed by atoms with Crippen LogP contribution in [0, 0.1) is 11.8 Å². The molecular formula is C15H16Cl2N2OS2. The average molecular weight is 375 g/mol. The van der Waals surface area contributed by atoms with Gasteiger partial charge in [-0.15, -0.1) is 44.7 Å². The molecule has 0 spiro atoms. The number of hydrogen-bond acceptors (Lipinski definition) is 5. The van der Waals surface area contributed by atoms with Crippen LogP contribution >= 0.6 is 46.3 Å². The molecule has 0 amide bonds. The minimum Gasteiger partial charge on any atom is -0.410 e. The maximum atomic E-state index is 6.03. The Morgan fingerprint density at radius 2 is 2.27 bits per heavy atom. The lowest BCUT2D eigenvalue weighted by Gasteiger charge is -2.16. The SMILES string of the molecule is C[C@@H]1CCc2sc(-c3nnc(SC[C@@H]4CC4(Cl)Cl)o3)cc2C1. The summed E-state index contributed by atoms with van der Waals surface area (Å²) in [6, 6.07) is 2.22. The van der Waals surface area contributed by atoms with Crippen LogP contribution in [0.5, 0.6) is 0 Å². The Kier molecular flexibility index (Phi) is 3.96. The number of fused-ring (bicyclic) bond motifs is 1. The molecule has 7 heteroatoms. The second kappa shape index (κ2) is 5.69.